The average Bonchev–Trinajstić information content (AvgIpc) is 3.04. The number of Topliss-reactive ketones (excluding diaryl/α,β-unsaturated/α-hetero) is 1. The van der Waals surface area contributed by atoms with Crippen LogP contribution >= 0.6 is 0 Å². The van der Waals surface area contributed by atoms with Gasteiger partial charge < -0.3 is 25.9 Å². The van der Waals surface area contributed by atoms with Crippen LogP contribution in [0, 0.1) is 40.4 Å². The molecule has 0 saturated heterocycles. The van der Waals surface area contributed by atoms with Gasteiger partial charge in [0.25, 0.3) is 0 Å². The Morgan fingerprint density at radius 2 is 2.00 bits per heavy atom. The fourth-order valence-electron chi connectivity index (χ4n) is 8.00. The molecule has 0 aromatic rings. The molecule has 6 nitrogen and oxygen atoms in total. The summed E-state index contributed by atoms with van der Waals surface area (Å²) in [6.45, 7) is 6.10. The maximum Gasteiger partial charge on any atom is 0.155 e. The molecule has 6 heteroatoms. The SMILES string of the molecule is CCN(/C=C\N)CC(=O)[C@H]1CC[C@H]2[C@@H]3CC[C@@H](C[C@](O)(CCC=N)COC)CC[C@H]3CC[C@]12C. The zero-order valence-electron chi connectivity index (χ0n) is 21.8. The lowest BCUT2D eigenvalue weighted by Gasteiger charge is -2.48. The number of nitrogens with one attached hydrogen (secondary N) is 1. The van der Waals surface area contributed by atoms with E-state index in [1.54, 1.807) is 7.11 Å². The third-order valence-electron chi connectivity index (χ3n) is 9.73. The molecule has 34 heavy (non-hydrogen) atoms. The van der Waals surface area contributed by atoms with Gasteiger partial charge in [0.15, 0.2) is 5.78 Å². The van der Waals surface area contributed by atoms with Crippen molar-refractivity contribution in [3.8, 4) is 0 Å². The predicted octanol–water partition coefficient (Wildman–Crippen LogP) is 4.75. The van der Waals surface area contributed by atoms with E-state index < -0.39 is 5.60 Å². The lowest BCUT2D eigenvalue weighted by atomic mass is 9.56. The number of likely N-dealkylation sites (N-methyl/N-ethyl adjacent to an activating group) is 1. The number of rotatable bonds is 12. The van der Waals surface area contributed by atoms with Gasteiger partial charge in [-0.2, -0.15) is 0 Å². The summed E-state index contributed by atoms with van der Waals surface area (Å²) < 4.78 is 5.35. The zero-order valence-corrected chi connectivity index (χ0v) is 21.8. The molecule has 0 radical (unpaired) electrons. The van der Waals surface area contributed by atoms with Crippen LogP contribution in [0.3, 0.4) is 0 Å². The molecular weight excluding hydrogens is 426 g/mol. The molecule has 0 heterocycles. The minimum absolute atomic E-state index is 0.130. The van der Waals surface area contributed by atoms with E-state index in [0.29, 0.717) is 49.5 Å². The number of methoxy groups -OCH3 is 1. The first-order valence-corrected chi connectivity index (χ1v) is 13.7. The maximum atomic E-state index is 13.4. The molecule has 3 aliphatic carbocycles. The highest BCUT2D eigenvalue weighted by atomic mass is 16.5. The summed E-state index contributed by atoms with van der Waals surface area (Å²) in [7, 11) is 1.65. The quantitative estimate of drug-likeness (QED) is 0.354. The van der Waals surface area contributed by atoms with Crippen LogP contribution in [0.5, 0.6) is 0 Å². The predicted molar refractivity (Wildman–Crippen MR) is 138 cm³/mol. The molecule has 0 aromatic heterocycles. The third kappa shape index (κ3) is 6.04. The van der Waals surface area contributed by atoms with Gasteiger partial charge in [-0.25, -0.2) is 0 Å². The van der Waals surface area contributed by atoms with Gasteiger partial charge in [-0.3, -0.25) is 4.79 Å². The molecule has 0 aliphatic heterocycles. The molecule has 0 amide bonds. The molecule has 194 valence electrons. The average molecular weight is 476 g/mol. The number of nitrogens with two attached hydrogens (primary N) is 1. The number of hydrogen-bond donors (Lipinski definition) is 3. The van der Waals surface area contributed by atoms with Crippen molar-refractivity contribution in [3.05, 3.63) is 12.4 Å². The van der Waals surface area contributed by atoms with Gasteiger partial charge in [0, 0.05) is 32.0 Å². The summed E-state index contributed by atoms with van der Waals surface area (Å²) in [4.78, 5) is 15.4. The molecule has 3 aliphatic rings. The molecule has 3 fully saturated rings. The molecule has 4 N–H and O–H groups in total. The van der Waals surface area contributed by atoms with Crippen LogP contribution in [0.1, 0.15) is 84.5 Å². The highest BCUT2D eigenvalue weighted by Gasteiger charge is 2.55. The topological polar surface area (TPSA) is 99.6 Å². The van der Waals surface area contributed by atoms with Crippen molar-refractivity contribution in [1.29, 1.82) is 5.41 Å². The smallest absolute Gasteiger partial charge is 0.155 e. The molecular formula is C28H49N3O3. The second-order valence-electron chi connectivity index (χ2n) is 11.7. The van der Waals surface area contributed by atoms with E-state index in [0.717, 1.165) is 31.7 Å². The van der Waals surface area contributed by atoms with Crippen LogP contribution in [0.25, 0.3) is 0 Å². The summed E-state index contributed by atoms with van der Waals surface area (Å²) in [5.41, 5.74) is 4.88. The van der Waals surface area contributed by atoms with Crippen LogP contribution in [-0.4, -0.2) is 54.4 Å². The van der Waals surface area contributed by atoms with Crippen molar-refractivity contribution in [2.75, 3.05) is 26.8 Å². The minimum Gasteiger partial charge on any atom is -0.403 e. The number of carbonyl (C=O) groups excluding carboxylic acids is 1. The second kappa shape index (κ2) is 12.0. The Labute approximate surface area is 207 Å². The van der Waals surface area contributed by atoms with E-state index in [-0.39, 0.29) is 11.3 Å². The van der Waals surface area contributed by atoms with Crippen LogP contribution in [-0.2, 0) is 9.53 Å². The number of aliphatic hydroxyl groups is 1. The number of ketones is 1. The highest BCUT2D eigenvalue weighted by molar-refractivity contribution is 5.84. The van der Waals surface area contributed by atoms with E-state index in [4.69, 9.17) is 15.9 Å². The Morgan fingerprint density at radius 1 is 1.24 bits per heavy atom. The van der Waals surface area contributed by atoms with E-state index in [9.17, 15) is 9.90 Å². The number of hydrogen-bond acceptors (Lipinski definition) is 6. The van der Waals surface area contributed by atoms with Crippen molar-refractivity contribution >= 4 is 12.0 Å². The first-order chi connectivity index (χ1) is 16.3. The summed E-state index contributed by atoms with van der Waals surface area (Å²) in [6, 6.07) is 0. The van der Waals surface area contributed by atoms with Gasteiger partial charge in [0.2, 0.25) is 0 Å². The molecule has 0 aromatic carbocycles. The molecule has 3 saturated carbocycles. The monoisotopic (exact) mass is 475 g/mol. The van der Waals surface area contributed by atoms with E-state index in [1.807, 2.05) is 11.1 Å². The zero-order chi connectivity index (χ0) is 24.8. The summed E-state index contributed by atoms with van der Waals surface area (Å²) in [5, 5.41) is 18.5. The van der Waals surface area contributed by atoms with Crippen molar-refractivity contribution in [2.45, 2.75) is 90.1 Å². The van der Waals surface area contributed by atoms with E-state index >= 15 is 0 Å². The maximum absolute atomic E-state index is 13.4. The third-order valence-corrected chi connectivity index (χ3v) is 9.73. The lowest BCUT2D eigenvalue weighted by Crippen LogP contribution is -2.44. The van der Waals surface area contributed by atoms with Crippen LogP contribution in [0.2, 0.25) is 0 Å². The van der Waals surface area contributed by atoms with Crippen molar-refractivity contribution in [3.63, 3.8) is 0 Å². The fourth-order valence-corrected chi connectivity index (χ4v) is 8.00. The Bertz CT molecular complexity index is 713. The van der Waals surface area contributed by atoms with Gasteiger partial charge in [-0.15, -0.1) is 0 Å². The lowest BCUT2D eigenvalue weighted by molar-refractivity contribution is -0.129. The van der Waals surface area contributed by atoms with Crippen molar-refractivity contribution < 1.29 is 14.6 Å². The van der Waals surface area contributed by atoms with E-state index in [1.165, 1.54) is 50.9 Å². The van der Waals surface area contributed by atoms with Gasteiger partial charge in [-0.1, -0.05) is 19.8 Å². The Balaban J connectivity index is 1.65. The molecule has 7 atom stereocenters. The highest BCUT2D eigenvalue weighted by Crippen LogP contribution is 2.61. The second-order valence-corrected chi connectivity index (χ2v) is 11.7. The van der Waals surface area contributed by atoms with Gasteiger partial charge in [0.05, 0.1) is 18.8 Å². The van der Waals surface area contributed by atoms with Crippen molar-refractivity contribution in [1.82, 2.24) is 4.90 Å². The van der Waals surface area contributed by atoms with Gasteiger partial charge in [0.1, 0.15) is 0 Å². The Morgan fingerprint density at radius 3 is 2.68 bits per heavy atom. The standard InChI is InChI=1S/C28H49N3O3/c1-4-31(17-16-30)19-26(32)25-11-10-24-23-9-7-21(6-8-22(23)12-14-27(24,25)2)18-28(33,20-34-3)13-5-15-29/h15-17,21-25,29,33H,4-14,18-20,30H2,1-3H3/b17-16-,29-15?/t21-,22-,23+,24-,25+,27-,28+/m0/s1. The molecule has 0 unspecified atom stereocenters. The number of nitrogens with zero attached hydrogens (tertiary/aromatic N) is 1. The first-order valence-electron chi connectivity index (χ1n) is 13.7. The Hall–Kier alpha value is -1.40. The largest absolute Gasteiger partial charge is 0.403 e. The first kappa shape index (κ1) is 27.2. The van der Waals surface area contributed by atoms with Gasteiger partial charge >= 0.3 is 0 Å². The summed E-state index contributed by atoms with van der Waals surface area (Å²) >= 11 is 0. The number of carbonyl (C=O) groups is 1. The minimum atomic E-state index is -0.824. The fraction of sp³-hybridized carbons (Fsp3) is 0.857. The number of ether oxygens (including phenoxy) is 1. The summed E-state index contributed by atoms with van der Waals surface area (Å²) in [5.74, 6) is 3.21. The molecule has 0 spiro atoms. The molecule has 3 rings (SSSR count). The van der Waals surface area contributed by atoms with Crippen LogP contribution in [0.4, 0.5) is 0 Å². The van der Waals surface area contributed by atoms with Crippen molar-refractivity contribution in [2.24, 2.45) is 40.7 Å². The van der Waals surface area contributed by atoms with E-state index in [2.05, 4.69) is 13.8 Å². The number of fused-ring (bicyclic) bond motifs is 3. The van der Waals surface area contributed by atoms with Gasteiger partial charge in [-0.05, 0) is 100 Å². The summed E-state index contributed by atoms with van der Waals surface area (Å²) in [6.07, 6.45) is 16.2. The normalized spacial score (nSPS) is 35.2. The Kier molecular flexibility index (Phi) is 9.62. The molecule has 0 bridgehead atoms. The van der Waals surface area contributed by atoms with Crippen LogP contribution < -0.4 is 5.73 Å². The van der Waals surface area contributed by atoms with Crippen LogP contribution in [0.15, 0.2) is 12.4 Å².